The Morgan fingerprint density at radius 1 is 0.326 bits per heavy atom. The third-order valence-electron chi connectivity index (χ3n) is 9.62. The van der Waals surface area contributed by atoms with Crippen LogP contribution in [0.2, 0.25) is 0 Å². The Hall–Kier alpha value is -5.57. The summed E-state index contributed by atoms with van der Waals surface area (Å²) in [6.07, 6.45) is 0. The lowest BCUT2D eigenvalue weighted by atomic mass is 9.91. The van der Waals surface area contributed by atoms with E-state index in [4.69, 9.17) is 0 Å². The fraction of sp³-hybridized carbons (Fsp3) is 0. The number of fused-ring (bicyclic) bond motifs is 7. The molecule has 9 aromatic rings. The summed E-state index contributed by atoms with van der Waals surface area (Å²) in [6, 6.07) is 60.1. The van der Waals surface area contributed by atoms with Gasteiger partial charge in [-0.3, -0.25) is 0 Å². The molecule has 1 aliphatic rings. The average Bonchev–Trinajstić information content (AvgIpc) is 3.47. The van der Waals surface area contributed by atoms with Gasteiger partial charge in [0.2, 0.25) is 0 Å². The smallest absolute Gasteiger partial charge is 0.0547 e. The molecule has 0 aliphatic carbocycles. The van der Waals surface area contributed by atoms with E-state index in [1.165, 1.54) is 92.2 Å². The van der Waals surface area contributed by atoms with Crippen molar-refractivity contribution in [2.24, 2.45) is 0 Å². The first-order valence-corrected chi connectivity index (χ1v) is 16.6. The zero-order chi connectivity index (χ0) is 30.2. The van der Waals surface area contributed by atoms with E-state index in [1.807, 2.05) is 11.8 Å². The van der Waals surface area contributed by atoms with Gasteiger partial charge in [0.05, 0.1) is 11.0 Å². The van der Waals surface area contributed by atoms with Gasteiger partial charge in [-0.2, -0.15) is 0 Å². The average molecular weight is 602 g/mol. The van der Waals surface area contributed by atoms with E-state index in [0.29, 0.717) is 0 Å². The molecule has 214 valence electrons. The largest absolute Gasteiger partial charge is 0.309 e. The molecule has 0 atom stereocenters. The van der Waals surface area contributed by atoms with Crippen LogP contribution < -0.4 is 0 Å². The Balaban J connectivity index is 1.12. The SMILES string of the molecule is c1ccc(-n2c3ccccc3c3c4cccc(-c5ccc(-c6ccc7c8c(cccc68)-c6ccccc6S7)cc5)c4ccc32)cc1. The Bertz CT molecular complexity index is 2650. The second-order valence-corrected chi connectivity index (χ2v) is 13.1. The molecule has 8 aromatic carbocycles. The van der Waals surface area contributed by atoms with Crippen LogP contribution in [0.4, 0.5) is 0 Å². The summed E-state index contributed by atoms with van der Waals surface area (Å²) in [5.41, 5.74) is 11.3. The molecule has 0 radical (unpaired) electrons. The van der Waals surface area contributed by atoms with E-state index in [2.05, 4.69) is 168 Å². The number of benzene rings is 8. The van der Waals surface area contributed by atoms with Gasteiger partial charge in [0.1, 0.15) is 0 Å². The molecule has 2 heterocycles. The van der Waals surface area contributed by atoms with Gasteiger partial charge in [0, 0.05) is 31.6 Å². The summed E-state index contributed by atoms with van der Waals surface area (Å²) in [7, 11) is 0. The maximum absolute atomic E-state index is 2.39. The molecule has 0 amide bonds. The second-order valence-electron chi connectivity index (χ2n) is 12.1. The maximum Gasteiger partial charge on any atom is 0.0547 e. The molecule has 0 fully saturated rings. The molecule has 0 N–H and O–H groups in total. The number of hydrogen-bond acceptors (Lipinski definition) is 1. The lowest BCUT2D eigenvalue weighted by Crippen LogP contribution is -1.94. The van der Waals surface area contributed by atoms with Crippen LogP contribution in [0.25, 0.3) is 82.4 Å². The van der Waals surface area contributed by atoms with Crippen molar-refractivity contribution >= 4 is 55.1 Å². The molecule has 0 unspecified atom stereocenters. The summed E-state index contributed by atoms with van der Waals surface area (Å²) < 4.78 is 2.39. The van der Waals surface area contributed by atoms with Gasteiger partial charge in [-0.05, 0) is 85.9 Å². The molecule has 0 saturated carbocycles. The van der Waals surface area contributed by atoms with E-state index in [1.54, 1.807) is 0 Å². The fourth-order valence-electron chi connectivity index (χ4n) is 7.59. The van der Waals surface area contributed by atoms with Crippen LogP contribution in [-0.2, 0) is 0 Å². The summed E-state index contributed by atoms with van der Waals surface area (Å²) in [6.45, 7) is 0. The summed E-state index contributed by atoms with van der Waals surface area (Å²) >= 11 is 1.88. The van der Waals surface area contributed by atoms with E-state index >= 15 is 0 Å². The first-order chi connectivity index (χ1) is 22.8. The highest BCUT2D eigenvalue weighted by molar-refractivity contribution is 7.99. The predicted molar refractivity (Wildman–Crippen MR) is 196 cm³/mol. The van der Waals surface area contributed by atoms with Crippen molar-refractivity contribution in [3.05, 3.63) is 164 Å². The number of hydrogen-bond donors (Lipinski definition) is 0. The van der Waals surface area contributed by atoms with E-state index < -0.39 is 0 Å². The molecule has 46 heavy (non-hydrogen) atoms. The molecule has 1 nitrogen and oxygen atoms in total. The van der Waals surface area contributed by atoms with Crippen LogP contribution in [0.1, 0.15) is 0 Å². The predicted octanol–water partition coefficient (Wildman–Crippen LogP) is 12.6. The number of rotatable bonds is 3. The monoisotopic (exact) mass is 601 g/mol. The van der Waals surface area contributed by atoms with Crippen molar-refractivity contribution in [2.75, 3.05) is 0 Å². The normalized spacial score (nSPS) is 12.3. The molecule has 0 saturated heterocycles. The first-order valence-electron chi connectivity index (χ1n) is 15.8. The van der Waals surface area contributed by atoms with Crippen molar-refractivity contribution in [3.63, 3.8) is 0 Å². The molecule has 1 aromatic heterocycles. The Morgan fingerprint density at radius 2 is 0.978 bits per heavy atom. The third-order valence-corrected chi connectivity index (χ3v) is 10.8. The summed E-state index contributed by atoms with van der Waals surface area (Å²) in [5.74, 6) is 0. The molecule has 1 aliphatic heterocycles. The van der Waals surface area contributed by atoms with Crippen LogP contribution >= 0.6 is 11.8 Å². The molecule has 0 spiro atoms. The Morgan fingerprint density at radius 3 is 1.83 bits per heavy atom. The zero-order valence-electron chi connectivity index (χ0n) is 24.9. The van der Waals surface area contributed by atoms with Crippen molar-refractivity contribution in [1.82, 2.24) is 4.57 Å². The topological polar surface area (TPSA) is 4.93 Å². The molecule has 0 bridgehead atoms. The van der Waals surface area contributed by atoms with Crippen LogP contribution in [0.5, 0.6) is 0 Å². The number of aromatic nitrogens is 1. The lowest BCUT2D eigenvalue weighted by molar-refractivity contribution is 1.18. The van der Waals surface area contributed by atoms with Gasteiger partial charge in [-0.1, -0.05) is 139 Å². The highest BCUT2D eigenvalue weighted by Crippen LogP contribution is 2.49. The highest BCUT2D eigenvalue weighted by Gasteiger charge is 2.21. The molecule has 10 rings (SSSR count). The van der Waals surface area contributed by atoms with Gasteiger partial charge in [-0.15, -0.1) is 0 Å². The van der Waals surface area contributed by atoms with Crippen LogP contribution in [-0.4, -0.2) is 4.57 Å². The second kappa shape index (κ2) is 9.97. The highest BCUT2D eigenvalue weighted by atomic mass is 32.2. The van der Waals surface area contributed by atoms with E-state index in [0.717, 1.165) is 0 Å². The van der Waals surface area contributed by atoms with Gasteiger partial charge < -0.3 is 4.57 Å². The van der Waals surface area contributed by atoms with Gasteiger partial charge >= 0.3 is 0 Å². The van der Waals surface area contributed by atoms with Crippen LogP contribution in [0.3, 0.4) is 0 Å². The lowest BCUT2D eigenvalue weighted by Gasteiger charge is -2.21. The Kier molecular flexibility index (Phi) is 5.58. The van der Waals surface area contributed by atoms with Gasteiger partial charge in [0.25, 0.3) is 0 Å². The maximum atomic E-state index is 2.39. The molecular weight excluding hydrogens is 575 g/mol. The van der Waals surface area contributed by atoms with Crippen LogP contribution in [0.15, 0.2) is 174 Å². The minimum atomic E-state index is 1.18. The van der Waals surface area contributed by atoms with Crippen molar-refractivity contribution < 1.29 is 0 Å². The first kappa shape index (κ1) is 25.7. The third kappa shape index (κ3) is 3.71. The van der Waals surface area contributed by atoms with Gasteiger partial charge in [0.15, 0.2) is 0 Å². The van der Waals surface area contributed by atoms with Crippen LogP contribution in [0, 0.1) is 0 Å². The number of para-hydroxylation sites is 2. The fourth-order valence-corrected chi connectivity index (χ4v) is 8.72. The quantitative estimate of drug-likeness (QED) is 0.195. The minimum Gasteiger partial charge on any atom is -0.309 e. The van der Waals surface area contributed by atoms with Crippen molar-refractivity contribution in [1.29, 1.82) is 0 Å². The summed E-state index contributed by atoms with van der Waals surface area (Å²) in [4.78, 5) is 2.66. The van der Waals surface area contributed by atoms with E-state index in [-0.39, 0.29) is 0 Å². The molecule has 2 heteroatoms. The van der Waals surface area contributed by atoms with Crippen molar-refractivity contribution in [3.8, 4) is 39.1 Å². The minimum absolute atomic E-state index is 1.18. The van der Waals surface area contributed by atoms with Gasteiger partial charge in [-0.25, -0.2) is 0 Å². The van der Waals surface area contributed by atoms with E-state index in [9.17, 15) is 0 Å². The summed E-state index contributed by atoms with van der Waals surface area (Å²) in [5, 5.41) is 7.82. The Labute approximate surface area is 271 Å². The molecular formula is C44H27NS. The standard InChI is InChI=1S/C44H27NS/c1-2-10-30(11-3-1)45-39-18-6-4-13-38(39)43-36-16-8-14-31(33(36)24-26-40(43)45)28-20-22-29(23-21-28)32-25-27-42-44-35(32)15-9-17-37(44)34-12-5-7-19-41(34)46-42/h1-27H. The number of nitrogens with zero attached hydrogens (tertiary/aromatic N) is 1. The zero-order valence-corrected chi connectivity index (χ0v) is 25.8. The van der Waals surface area contributed by atoms with Crippen molar-refractivity contribution in [2.45, 2.75) is 9.79 Å².